The zero-order valence-corrected chi connectivity index (χ0v) is 18.9. The van der Waals surface area contributed by atoms with Gasteiger partial charge in [0, 0.05) is 11.1 Å². The molecule has 0 aliphatic carbocycles. The molecule has 0 spiro atoms. The Labute approximate surface area is 185 Å². The van der Waals surface area contributed by atoms with Gasteiger partial charge in [-0.3, -0.25) is 4.79 Å². The molecule has 0 radical (unpaired) electrons. The van der Waals surface area contributed by atoms with E-state index in [1.807, 2.05) is 67.6 Å². The summed E-state index contributed by atoms with van der Waals surface area (Å²) >= 11 is 0. The van der Waals surface area contributed by atoms with E-state index in [0.717, 1.165) is 22.4 Å². The first-order valence-corrected chi connectivity index (χ1v) is 10.5. The lowest BCUT2D eigenvalue weighted by molar-refractivity contribution is 0.0939. The molecule has 0 saturated heterocycles. The second-order valence-corrected chi connectivity index (χ2v) is 8.67. The third-order valence-corrected chi connectivity index (χ3v) is 5.27. The zero-order valence-electron chi connectivity index (χ0n) is 18.9. The topological polar surface area (TPSA) is 47.6 Å². The van der Waals surface area contributed by atoms with Gasteiger partial charge in [-0.2, -0.15) is 0 Å². The molecule has 3 rings (SSSR count). The quantitative estimate of drug-likeness (QED) is 0.508. The van der Waals surface area contributed by atoms with Crippen molar-refractivity contribution in [3.63, 3.8) is 0 Å². The van der Waals surface area contributed by atoms with E-state index in [1.165, 1.54) is 0 Å². The Bertz CT molecular complexity index is 1020. The van der Waals surface area contributed by atoms with Crippen LogP contribution in [0.5, 0.6) is 11.5 Å². The fourth-order valence-electron chi connectivity index (χ4n) is 3.51. The molecule has 31 heavy (non-hydrogen) atoms. The lowest BCUT2D eigenvalue weighted by Crippen LogP contribution is -2.26. The molecule has 4 heteroatoms. The summed E-state index contributed by atoms with van der Waals surface area (Å²) in [5, 5.41) is 3.06. The Balaban J connectivity index is 1.78. The van der Waals surface area contributed by atoms with Gasteiger partial charge < -0.3 is 14.8 Å². The molecule has 0 aliphatic rings. The van der Waals surface area contributed by atoms with Crippen molar-refractivity contribution >= 4 is 5.91 Å². The number of hydrogen-bond acceptors (Lipinski definition) is 3. The fraction of sp³-hybridized carbons (Fsp3) is 0.296. The molecule has 1 atom stereocenters. The van der Waals surface area contributed by atoms with Crippen molar-refractivity contribution in [3.8, 4) is 11.5 Å². The molecule has 0 aromatic heterocycles. The van der Waals surface area contributed by atoms with E-state index in [9.17, 15) is 4.79 Å². The zero-order chi connectivity index (χ0) is 22.4. The highest BCUT2D eigenvalue weighted by Crippen LogP contribution is 2.32. The molecule has 0 saturated carbocycles. The predicted molar refractivity (Wildman–Crippen MR) is 125 cm³/mol. The lowest BCUT2D eigenvalue weighted by atomic mass is 9.86. The first kappa shape index (κ1) is 22.4. The number of ether oxygens (including phenoxy) is 2. The van der Waals surface area contributed by atoms with Crippen molar-refractivity contribution in [2.75, 3.05) is 7.11 Å². The summed E-state index contributed by atoms with van der Waals surface area (Å²) in [4.78, 5) is 12.8. The Morgan fingerprint density at radius 3 is 2.29 bits per heavy atom. The second-order valence-electron chi connectivity index (χ2n) is 8.67. The molecular formula is C27H31NO3. The molecule has 0 fully saturated rings. The number of methoxy groups -OCH3 is 1. The first-order valence-electron chi connectivity index (χ1n) is 10.5. The molecular weight excluding hydrogens is 386 g/mol. The standard InChI is InChI=1S/C27H31NO3/c1-19(20-11-7-6-8-12-20)28-26(29)21-15-16-24(30-5)22(17-21)18-31-25-14-10-9-13-23(25)27(2,3)4/h6-17,19H,18H2,1-5H3,(H,28,29). The third-order valence-electron chi connectivity index (χ3n) is 5.27. The van der Waals surface area contributed by atoms with Gasteiger partial charge in [-0.15, -0.1) is 0 Å². The number of carbonyl (C=O) groups is 1. The largest absolute Gasteiger partial charge is 0.496 e. The van der Waals surface area contributed by atoms with Gasteiger partial charge in [0.1, 0.15) is 18.1 Å². The van der Waals surface area contributed by atoms with Crippen molar-refractivity contribution in [2.45, 2.75) is 45.8 Å². The van der Waals surface area contributed by atoms with Crippen LogP contribution in [0.2, 0.25) is 0 Å². The molecule has 1 amide bonds. The molecule has 0 bridgehead atoms. The molecule has 162 valence electrons. The summed E-state index contributed by atoms with van der Waals surface area (Å²) in [6, 6.07) is 23.3. The minimum atomic E-state index is -0.129. The van der Waals surface area contributed by atoms with Gasteiger partial charge in [-0.25, -0.2) is 0 Å². The van der Waals surface area contributed by atoms with E-state index in [0.29, 0.717) is 17.9 Å². The number of rotatable bonds is 7. The fourth-order valence-corrected chi connectivity index (χ4v) is 3.51. The van der Waals surface area contributed by atoms with Crippen LogP contribution < -0.4 is 14.8 Å². The molecule has 4 nitrogen and oxygen atoms in total. The lowest BCUT2D eigenvalue weighted by Gasteiger charge is -2.23. The molecule has 0 heterocycles. The molecule has 0 aliphatic heterocycles. The highest BCUT2D eigenvalue weighted by atomic mass is 16.5. The van der Waals surface area contributed by atoms with Crippen molar-refractivity contribution in [1.82, 2.24) is 5.32 Å². The van der Waals surface area contributed by atoms with Gasteiger partial charge in [0.2, 0.25) is 0 Å². The monoisotopic (exact) mass is 417 g/mol. The Morgan fingerprint density at radius 2 is 1.61 bits per heavy atom. The average Bonchev–Trinajstić information content (AvgIpc) is 2.77. The van der Waals surface area contributed by atoms with Gasteiger partial charge in [-0.05, 0) is 47.7 Å². The van der Waals surface area contributed by atoms with E-state index >= 15 is 0 Å². The summed E-state index contributed by atoms with van der Waals surface area (Å²) in [6.45, 7) is 8.77. The number of para-hydroxylation sites is 1. The van der Waals surface area contributed by atoms with Gasteiger partial charge >= 0.3 is 0 Å². The van der Waals surface area contributed by atoms with E-state index in [4.69, 9.17) is 9.47 Å². The smallest absolute Gasteiger partial charge is 0.251 e. The van der Waals surface area contributed by atoms with Crippen LogP contribution in [-0.4, -0.2) is 13.0 Å². The third kappa shape index (κ3) is 5.66. The number of benzene rings is 3. The Hall–Kier alpha value is -3.27. The molecule has 3 aromatic carbocycles. The average molecular weight is 418 g/mol. The van der Waals surface area contributed by atoms with Gasteiger partial charge in [-0.1, -0.05) is 69.3 Å². The van der Waals surface area contributed by atoms with E-state index in [2.05, 4.69) is 32.2 Å². The van der Waals surface area contributed by atoms with Gasteiger partial charge in [0.15, 0.2) is 0 Å². The minimum Gasteiger partial charge on any atom is -0.496 e. The number of amides is 1. The van der Waals surface area contributed by atoms with E-state index in [1.54, 1.807) is 13.2 Å². The summed E-state index contributed by atoms with van der Waals surface area (Å²) < 4.78 is 11.7. The van der Waals surface area contributed by atoms with E-state index < -0.39 is 0 Å². The van der Waals surface area contributed by atoms with Gasteiger partial charge in [0.05, 0.1) is 13.2 Å². The van der Waals surface area contributed by atoms with Crippen LogP contribution in [0, 0.1) is 0 Å². The Morgan fingerprint density at radius 1 is 0.935 bits per heavy atom. The number of hydrogen-bond donors (Lipinski definition) is 1. The summed E-state index contributed by atoms with van der Waals surface area (Å²) in [5.41, 5.74) is 3.57. The summed E-state index contributed by atoms with van der Waals surface area (Å²) in [7, 11) is 1.62. The van der Waals surface area contributed by atoms with Crippen LogP contribution in [0.25, 0.3) is 0 Å². The first-order chi connectivity index (χ1) is 14.8. The van der Waals surface area contributed by atoms with Crippen LogP contribution in [0.15, 0.2) is 72.8 Å². The maximum absolute atomic E-state index is 12.8. The van der Waals surface area contributed by atoms with Crippen LogP contribution >= 0.6 is 0 Å². The molecule has 3 aromatic rings. The molecule has 1 N–H and O–H groups in total. The van der Waals surface area contributed by atoms with Crippen LogP contribution in [0.3, 0.4) is 0 Å². The normalized spacial score (nSPS) is 12.2. The second kappa shape index (κ2) is 9.69. The maximum Gasteiger partial charge on any atom is 0.251 e. The number of nitrogens with one attached hydrogen (secondary N) is 1. The predicted octanol–water partition coefficient (Wildman–Crippen LogP) is 6.06. The SMILES string of the molecule is COc1ccc(C(=O)NC(C)c2ccccc2)cc1COc1ccccc1C(C)(C)C. The Kier molecular flexibility index (Phi) is 7.01. The molecule has 1 unspecified atom stereocenters. The van der Waals surface area contributed by atoms with Crippen molar-refractivity contribution in [1.29, 1.82) is 0 Å². The summed E-state index contributed by atoms with van der Waals surface area (Å²) in [5.74, 6) is 1.40. The maximum atomic E-state index is 12.8. The van der Waals surface area contributed by atoms with Crippen molar-refractivity contribution < 1.29 is 14.3 Å². The summed E-state index contributed by atoms with van der Waals surface area (Å²) in [6.07, 6.45) is 0. The van der Waals surface area contributed by atoms with Crippen molar-refractivity contribution in [3.05, 3.63) is 95.1 Å². The van der Waals surface area contributed by atoms with Crippen LogP contribution in [-0.2, 0) is 12.0 Å². The number of carbonyl (C=O) groups excluding carboxylic acids is 1. The highest BCUT2D eigenvalue weighted by molar-refractivity contribution is 5.94. The van der Waals surface area contributed by atoms with Crippen LogP contribution in [0.4, 0.5) is 0 Å². The van der Waals surface area contributed by atoms with Crippen LogP contribution in [0.1, 0.15) is 60.8 Å². The van der Waals surface area contributed by atoms with E-state index in [-0.39, 0.29) is 17.4 Å². The van der Waals surface area contributed by atoms with Gasteiger partial charge in [0.25, 0.3) is 5.91 Å². The highest BCUT2D eigenvalue weighted by Gasteiger charge is 2.19. The van der Waals surface area contributed by atoms with Crippen molar-refractivity contribution in [2.24, 2.45) is 0 Å². The minimum absolute atomic E-state index is 0.0318.